The molecule has 0 spiro atoms. The summed E-state index contributed by atoms with van der Waals surface area (Å²) in [7, 11) is -4.31. The number of ether oxygens (including phenoxy) is 2. The summed E-state index contributed by atoms with van der Waals surface area (Å²) in [6.07, 6.45) is -3.13. The van der Waals surface area contributed by atoms with Crippen LogP contribution in [0.2, 0.25) is 0 Å². The van der Waals surface area contributed by atoms with Gasteiger partial charge in [-0.25, -0.2) is 29.0 Å². The van der Waals surface area contributed by atoms with Gasteiger partial charge in [-0.15, -0.1) is 0 Å². The number of nitrogen functional groups attached to an aromatic ring is 1. The highest BCUT2D eigenvalue weighted by molar-refractivity contribution is 8.13. The first-order valence-electron chi connectivity index (χ1n) is 12.6. The Morgan fingerprint density at radius 3 is 2.63 bits per heavy atom. The monoisotopic (exact) mass is 640 g/mol. The molecule has 1 aliphatic rings. The van der Waals surface area contributed by atoms with Gasteiger partial charge in [0.1, 0.15) is 30.1 Å². The van der Waals surface area contributed by atoms with Crippen LogP contribution in [0.1, 0.15) is 47.8 Å². The van der Waals surface area contributed by atoms with Crippen LogP contribution in [0.5, 0.6) is 0 Å². The number of anilines is 1. The van der Waals surface area contributed by atoms with E-state index in [0.717, 1.165) is 22.7 Å². The highest BCUT2D eigenvalue weighted by atomic mass is 35.5. The number of carbonyl (C=O) groups is 2. The van der Waals surface area contributed by atoms with Gasteiger partial charge in [-0.3, -0.25) is 23.2 Å². The van der Waals surface area contributed by atoms with E-state index < -0.39 is 61.4 Å². The highest BCUT2D eigenvalue weighted by Crippen LogP contribution is 2.49. The van der Waals surface area contributed by atoms with E-state index >= 15 is 4.39 Å². The molecule has 0 bridgehead atoms. The molecule has 0 amide bonds. The molecule has 0 radical (unpaired) electrons. The van der Waals surface area contributed by atoms with Crippen LogP contribution in [-0.4, -0.2) is 84.2 Å². The SMILES string of the molecule is CC(C)OC(=O)[C@H](C)N[P@@](=O)(OCCSC(=O)C(C)(C)C)OC[C@H]1O[C@@H](n2cnc3c(N)ncnc32)[C@](F)(Cl)[C@@H]1O. The van der Waals surface area contributed by atoms with E-state index in [4.69, 9.17) is 35.9 Å². The Labute approximate surface area is 245 Å². The molecule has 0 unspecified atom stereocenters. The third-order valence-electron chi connectivity index (χ3n) is 5.68. The molecule has 0 saturated carbocycles. The van der Waals surface area contributed by atoms with E-state index in [9.17, 15) is 19.3 Å². The Balaban J connectivity index is 1.74. The minimum absolute atomic E-state index is 0.0443. The number of thioether (sulfide) groups is 1. The van der Waals surface area contributed by atoms with E-state index in [1.807, 2.05) is 0 Å². The lowest BCUT2D eigenvalue weighted by Crippen LogP contribution is -2.39. The summed E-state index contributed by atoms with van der Waals surface area (Å²) < 4.78 is 52.1. The third kappa shape index (κ3) is 8.14. The number of hydrogen-bond acceptors (Lipinski definition) is 13. The van der Waals surface area contributed by atoms with Crippen LogP contribution in [0.15, 0.2) is 12.7 Å². The fourth-order valence-electron chi connectivity index (χ4n) is 3.56. The van der Waals surface area contributed by atoms with Crippen molar-refractivity contribution in [3.8, 4) is 0 Å². The second kappa shape index (κ2) is 13.2. The maximum absolute atomic E-state index is 15.6. The van der Waals surface area contributed by atoms with Gasteiger partial charge in [0, 0.05) is 11.2 Å². The first-order valence-corrected chi connectivity index (χ1v) is 15.6. The number of nitrogens with zero attached hydrogens (tertiary/aromatic N) is 4. The number of nitrogens with one attached hydrogen (secondary N) is 1. The van der Waals surface area contributed by atoms with Crippen LogP contribution in [0.4, 0.5) is 10.2 Å². The van der Waals surface area contributed by atoms with Gasteiger partial charge >= 0.3 is 13.7 Å². The Bertz CT molecular complexity index is 1290. The van der Waals surface area contributed by atoms with Crippen molar-refractivity contribution >= 4 is 59.2 Å². The van der Waals surface area contributed by atoms with Crippen molar-refractivity contribution in [3.63, 3.8) is 0 Å². The lowest BCUT2D eigenvalue weighted by atomic mass is 10.00. The molecule has 1 saturated heterocycles. The number of aromatic nitrogens is 4. The van der Waals surface area contributed by atoms with Crippen LogP contribution in [0.25, 0.3) is 11.2 Å². The number of alkyl halides is 2. The van der Waals surface area contributed by atoms with Gasteiger partial charge in [0.05, 0.1) is 25.6 Å². The molecule has 1 aliphatic heterocycles. The summed E-state index contributed by atoms with van der Waals surface area (Å²) in [4.78, 5) is 36.4. The molecule has 1 fully saturated rings. The van der Waals surface area contributed by atoms with E-state index in [1.54, 1.807) is 34.6 Å². The maximum atomic E-state index is 15.6. The summed E-state index contributed by atoms with van der Waals surface area (Å²) in [6, 6.07) is -1.13. The summed E-state index contributed by atoms with van der Waals surface area (Å²) in [5.41, 5.74) is 5.48. The zero-order chi connectivity index (χ0) is 30.8. The van der Waals surface area contributed by atoms with Crippen molar-refractivity contribution in [3.05, 3.63) is 12.7 Å². The third-order valence-corrected chi connectivity index (χ3v) is 9.05. The van der Waals surface area contributed by atoms with Gasteiger partial charge in [0.15, 0.2) is 22.8 Å². The number of aliphatic hydroxyl groups is 1. The fraction of sp³-hybridized carbons (Fsp3) is 0.696. The van der Waals surface area contributed by atoms with E-state index in [2.05, 4.69) is 20.0 Å². The molecule has 41 heavy (non-hydrogen) atoms. The zero-order valence-electron chi connectivity index (χ0n) is 23.4. The normalized spacial score (nSPS) is 25.4. The largest absolute Gasteiger partial charge is 0.462 e. The smallest absolute Gasteiger partial charge is 0.406 e. The summed E-state index contributed by atoms with van der Waals surface area (Å²) in [5, 5.41) is 10.2. The van der Waals surface area contributed by atoms with Gasteiger partial charge in [0.2, 0.25) is 0 Å². The van der Waals surface area contributed by atoms with Crippen LogP contribution in [0, 0.1) is 5.41 Å². The van der Waals surface area contributed by atoms with Gasteiger partial charge in [-0.2, -0.15) is 0 Å². The predicted octanol–water partition coefficient (Wildman–Crippen LogP) is 2.95. The quantitative estimate of drug-likeness (QED) is 0.133. The number of imidazole rings is 1. The fourth-order valence-corrected chi connectivity index (χ4v) is 6.25. The minimum atomic E-state index is -4.31. The second-order valence-electron chi connectivity index (χ2n) is 10.6. The number of rotatable bonds is 12. The molecule has 6 atom stereocenters. The van der Waals surface area contributed by atoms with Crippen molar-refractivity contribution in [2.45, 2.75) is 77.3 Å². The molecule has 0 aromatic carbocycles. The van der Waals surface area contributed by atoms with Crippen LogP contribution in [0.3, 0.4) is 0 Å². The molecular formula is C23H35ClFN6O8PS. The summed E-state index contributed by atoms with van der Waals surface area (Å²) in [6.45, 7) is 9.10. The molecule has 3 rings (SSSR count). The van der Waals surface area contributed by atoms with E-state index in [-0.39, 0.29) is 34.5 Å². The Morgan fingerprint density at radius 1 is 1.32 bits per heavy atom. The van der Waals surface area contributed by atoms with Crippen LogP contribution in [-0.2, 0) is 32.7 Å². The number of fused-ring (bicyclic) bond motifs is 1. The topological polar surface area (TPSA) is 190 Å². The molecule has 4 N–H and O–H groups in total. The lowest BCUT2D eigenvalue weighted by molar-refractivity contribution is -0.149. The van der Waals surface area contributed by atoms with Crippen LogP contribution >= 0.6 is 31.1 Å². The maximum Gasteiger partial charge on any atom is 0.406 e. The standard InChI is InChI=1S/C23H35ClFN6O8PS/c1-12(2)38-19(33)13(3)30-40(35,36-7-8-41-21(34)22(4,5)6)37-9-14-16(32)23(24,25)20(39-14)31-11-29-15-17(26)27-10-28-18(15)31/h10-14,16,20,32H,7-9H2,1-6H3,(H,30,35)(H2,26,27,28)/t13-,14+,16+,20+,23-,40+/m0/s1. The number of nitrogens with two attached hydrogens (primary N) is 1. The second-order valence-corrected chi connectivity index (χ2v) is 14.0. The molecule has 230 valence electrons. The summed E-state index contributed by atoms with van der Waals surface area (Å²) in [5.74, 6) is -0.546. The first-order chi connectivity index (χ1) is 19.0. The number of aliphatic hydroxyl groups excluding tert-OH is 1. The number of esters is 1. The Hall–Kier alpha value is -1.91. The molecular weight excluding hydrogens is 606 g/mol. The van der Waals surface area contributed by atoms with Crippen molar-refractivity contribution in [2.75, 3.05) is 24.7 Å². The average molecular weight is 641 g/mol. The predicted molar refractivity (Wildman–Crippen MR) is 150 cm³/mol. The zero-order valence-corrected chi connectivity index (χ0v) is 25.9. The summed E-state index contributed by atoms with van der Waals surface area (Å²) >= 11 is 7.05. The van der Waals surface area contributed by atoms with Crippen LogP contribution < -0.4 is 10.8 Å². The first kappa shape index (κ1) is 33.6. The number of halogens is 2. The van der Waals surface area contributed by atoms with Crippen molar-refractivity contribution in [1.82, 2.24) is 24.6 Å². The highest BCUT2D eigenvalue weighted by Gasteiger charge is 2.58. The van der Waals surface area contributed by atoms with Gasteiger partial charge in [-0.05, 0) is 20.8 Å². The van der Waals surface area contributed by atoms with Gasteiger partial charge < -0.3 is 20.3 Å². The molecule has 2 aromatic heterocycles. The number of hydrogen-bond donors (Lipinski definition) is 3. The Morgan fingerprint density at radius 2 is 2.00 bits per heavy atom. The molecule has 0 aliphatic carbocycles. The minimum Gasteiger partial charge on any atom is -0.462 e. The average Bonchev–Trinajstić information content (AvgIpc) is 3.38. The van der Waals surface area contributed by atoms with E-state index in [0.29, 0.717) is 0 Å². The lowest BCUT2D eigenvalue weighted by Gasteiger charge is -2.25. The molecule has 2 aromatic rings. The van der Waals surface area contributed by atoms with Gasteiger partial charge in [-0.1, -0.05) is 44.1 Å². The van der Waals surface area contributed by atoms with Crippen molar-refractivity contribution < 1.29 is 42.2 Å². The molecule has 18 heteroatoms. The van der Waals surface area contributed by atoms with Crippen molar-refractivity contribution in [2.24, 2.45) is 5.41 Å². The van der Waals surface area contributed by atoms with E-state index in [1.165, 1.54) is 13.3 Å². The molecule has 3 heterocycles. The van der Waals surface area contributed by atoms with Crippen molar-refractivity contribution in [1.29, 1.82) is 0 Å². The Kier molecular flexibility index (Phi) is 10.8. The number of carbonyl (C=O) groups excluding carboxylic acids is 2. The molecule has 14 nitrogen and oxygen atoms in total. The van der Waals surface area contributed by atoms with Gasteiger partial charge in [0.25, 0.3) is 5.13 Å².